The molecule has 0 saturated carbocycles. The molecular weight excluding hydrogens is 360 g/mol. The van der Waals surface area contributed by atoms with Crippen molar-refractivity contribution in [2.24, 2.45) is 0 Å². The van der Waals surface area contributed by atoms with Crippen molar-refractivity contribution >= 4 is 33.5 Å². The summed E-state index contributed by atoms with van der Waals surface area (Å²) in [5.41, 5.74) is 4.66. The molecule has 0 fully saturated rings. The summed E-state index contributed by atoms with van der Waals surface area (Å²) >= 11 is 0. The molecule has 4 heteroatoms. The Labute approximate surface area is 167 Å². The van der Waals surface area contributed by atoms with E-state index in [2.05, 4.69) is 10.3 Å². The second-order valence-electron chi connectivity index (χ2n) is 7.02. The fourth-order valence-electron chi connectivity index (χ4n) is 3.45. The van der Waals surface area contributed by atoms with Crippen LogP contribution in [-0.2, 0) is 0 Å². The monoisotopic (exact) mass is 378 g/mol. The summed E-state index contributed by atoms with van der Waals surface area (Å²) in [5, 5.41) is 5.11. The standard InChI is InChI=1S/C25H18N2O2/c1-16-10-12-18(13-11-16)24(28)26-21-9-5-4-8-20(21)25-27-22-15-14-17-6-2-3-7-19(17)23(22)29-25/h2-15H,1H3,(H,26,28). The first-order valence-corrected chi connectivity index (χ1v) is 9.45. The lowest BCUT2D eigenvalue weighted by molar-refractivity contribution is 0.102. The molecule has 0 spiro atoms. The third kappa shape index (κ3) is 3.15. The zero-order chi connectivity index (χ0) is 19.8. The number of fused-ring (bicyclic) bond motifs is 3. The third-order valence-electron chi connectivity index (χ3n) is 5.00. The quantitative estimate of drug-likeness (QED) is 0.406. The molecule has 29 heavy (non-hydrogen) atoms. The van der Waals surface area contributed by atoms with Crippen molar-refractivity contribution in [3.8, 4) is 11.5 Å². The Bertz CT molecular complexity index is 1350. The Morgan fingerprint density at radius 1 is 0.862 bits per heavy atom. The Hall–Kier alpha value is -3.92. The lowest BCUT2D eigenvalue weighted by Gasteiger charge is -2.09. The number of oxazole rings is 1. The summed E-state index contributed by atoms with van der Waals surface area (Å²) in [6.45, 7) is 1.99. The highest BCUT2D eigenvalue weighted by molar-refractivity contribution is 6.07. The maximum Gasteiger partial charge on any atom is 0.255 e. The van der Waals surface area contributed by atoms with Crippen molar-refractivity contribution in [1.29, 1.82) is 0 Å². The molecule has 140 valence electrons. The highest BCUT2D eigenvalue weighted by Gasteiger charge is 2.16. The number of hydrogen-bond acceptors (Lipinski definition) is 3. The largest absolute Gasteiger partial charge is 0.435 e. The van der Waals surface area contributed by atoms with E-state index in [-0.39, 0.29) is 5.91 Å². The third-order valence-corrected chi connectivity index (χ3v) is 5.00. The van der Waals surface area contributed by atoms with E-state index >= 15 is 0 Å². The molecule has 0 aliphatic rings. The van der Waals surface area contributed by atoms with Crippen molar-refractivity contribution in [3.63, 3.8) is 0 Å². The number of rotatable bonds is 3. The highest BCUT2D eigenvalue weighted by atomic mass is 16.3. The summed E-state index contributed by atoms with van der Waals surface area (Å²) in [6.07, 6.45) is 0. The van der Waals surface area contributed by atoms with Gasteiger partial charge in [0.2, 0.25) is 5.89 Å². The van der Waals surface area contributed by atoms with E-state index in [0.29, 0.717) is 17.1 Å². The zero-order valence-electron chi connectivity index (χ0n) is 15.8. The highest BCUT2D eigenvalue weighted by Crippen LogP contribution is 2.33. The fourth-order valence-corrected chi connectivity index (χ4v) is 3.45. The second-order valence-corrected chi connectivity index (χ2v) is 7.02. The van der Waals surface area contributed by atoms with Crippen molar-refractivity contribution in [2.45, 2.75) is 6.92 Å². The second kappa shape index (κ2) is 6.91. The predicted octanol–water partition coefficient (Wildman–Crippen LogP) is 6.21. The van der Waals surface area contributed by atoms with Gasteiger partial charge in [-0.1, -0.05) is 60.2 Å². The van der Waals surface area contributed by atoms with Crippen LogP contribution in [0.4, 0.5) is 5.69 Å². The van der Waals surface area contributed by atoms with Crippen LogP contribution in [0, 0.1) is 6.92 Å². The van der Waals surface area contributed by atoms with Gasteiger partial charge in [0.25, 0.3) is 5.91 Å². The average molecular weight is 378 g/mol. The maximum atomic E-state index is 12.7. The molecule has 0 radical (unpaired) electrons. The molecule has 5 aromatic rings. The van der Waals surface area contributed by atoms with Gasteiger partial charge in [-0.15, -0.1) is 0 Å². The Kier molecular flexibility index (Phi) is 4.10. The molecule has 1 heterocycles. The summed E-state index contributed by atoms with van der Waals surface area (Å²) in [4.78, 5) is 17.4. The predicted molar refractivity (Wildman–Crippen MR) is 116 cm³/mol. The number of aromatic nitrogens is 1. The van der Waals surface area contributed by atoms with Gasteiger partial charge >= 0.3 is 0 Å². The Balaban J connectivity index is 1.56. The molecule has 4 aromatic carbocycles. The SMILES string of the molecule is Cc1ccc(C(=O)Nc2ccccc2-c2nc3ccc4ccccc4c3o2)cc1. The van der Waals surface area contributed by atoms with Crippen LogP contribution in [0.5, 0.6) is 0 Å². The number of carbonyl (C=O) groups excluding carboxylic acids is 1. The molecule has 0 aliphatic carbocycles. The van der Waals surface area contributed by atoms with Crippen LogP contribution in [0.1, 0.15) is 15.9 Å². The molecule has 5 rings (SSSR count). The minimum absolute atomic E-state index is 0.168. The van der Waals surface area contributed by atoms with E-state index in [9.17, 15) is 4.79 Å². The molecule has 0 aliphatic heterocycles. The molecule has 0 unspecified atom stereocenters. The first kappa shape index (κ1) is 17.2. The van der Waals surface area contributed by atoms with E-state index in [1.807, 2.05) is 91.9 Å². The first-order valence-electron chi connectivity index (χ1n) is 9.45. The van der Waals surface area contributed by atoms with Gasteiger partial charge in [-0.3, -0.25) is 4.79 Å². The Morgan fingerprint density at radius 3 is 2.48 bits per heavy atom. The molecule has 1 N–H and O–H groups in total. The number of anilines is 1. The van der Waals surface area contributed by atoms with Gasteiger partial charge in [-0.25, -0.2) is 4.98 Å². The summed E-state index contributed by atoms with van der Waals surface area (Å²) in [5.74, 6) is 0.315. The van der Waals surface area contributed by atoms with Gasteiger partial charge in [0.1, 0.15) is 5.52 Å². The van der Waals surface area contributed by atoms with Gasteiger partial charge in [0.05, 0.1) is 11.3 Å². The normalized spacial score (nSPS) is 11.1. The number of para-hydroxylation sites is 1. The molecule has 4 nitrogen and oxygen atoms in total. The minimum atomic E-state index is -0.168. The molecular formula is C25H18N2O2. The fraction of sp³-hybridized carbons (Fsp3) is 0.0400. The average Bonchev–Trinajstić information content (AvgIpc) is 3.19. The number of nitrogens with one attached hydrogen (secondary N) is 1. The van der Waals surface area contributed by atoms with Gasteiger partial charge in [0, 0.05) is 10.9 Å². The van der Waals surface area contributed by atoms with Crippen LogP contribution in [0.3, 0.4) is 0 Å². The van der Waals surface area contributed by atoms with Crippen molar-refractivity contribution in [1.82, 2.24) is 4.98 Å². The van der Waals surface area contributed by atoms with Crippen LogP contribution in [0.25, 0.3) is 33.3 Å². The topological polar surface area (TPSA) is 55.1 Å². The summed E-state index contributed by atoms with van der Waals surface area (Å²) in [7, 11) is 0. The van der Waals surface area contributed by atoms with Gasteiger partial charge in [-0.05, 0) is 42.6 Å². The van der Waals surface area contributed by atoms with Crippen LogP contribution in [0.2, 0.25) is 0 Å². The molecule has 0 saturated heterocycles. The van der Waals surface area contributed by atoms with Crippen LogP contribution < -0.4 is 5.32 Å². The van der Waals surface area contributed by atoms with Crippen molar-refractivity contribution in [3.05, 3.63) is 96.1 Å². The van der Waals surface area contributed by atoms with Crippen molar-refractivity contribution in [2.75, 3.05) is 5.32 Å². The number of aryl methyl sites for hydroxylation is 1. The Morgan fingerprint density at radius 2 is 1.62 bits per heavy atom. The van der Waals surface area contributed by atoms with E-state index in [1.54, 1.807) is 0 Å². The molecule has 0 atom stereocenters. The zero-order valence-corrected chi connectivity index (χ0v) is 15.8. The van der Waals surface area contributed by atoms with E-state index in [4.69, 9.17) is 4.42 Å². The lowest BCUT2D eigenvalue weighted by atomic mass is 10.1. The molecule has 0 bridgehead atoms. The smallest absolute Gasteiger partial charge is 0.255 e. The number of benzene rings is 4. The number of nitrogens with zero attached hydrogens (tertiary/aromatic N) is 1. The number of hydrogen-bond donors (Lipinski definition) is 1. The minimum Gasteiger partial charge on any atom is -0.435 e. The van der Waals surface area contributed by atoms with Crippen LogP contribution >= 0.6 is 0 Å². The number of amides is 1. The molecule has 1 aromatic heterocycles. The maximum absolute atomic E-state index is 12.7. The lowest BCUT2D eigenvalue weighted by Crippen LogP contribution is -2.12. The van der Waals surface area contributed by atoms with Crippen molar-refractivity contribution < 1.29 is 9.21 Å². The van der Waals surface area contributed by atoms with E-state index < -0.39 is 0 Å². The molecule has 1 amide bonds. The number of carbonyl (C=O) groups is 1. The van der Waals surface area contributed by atoms with Gasteiger partial charge < -0.3 is 9.73 Å². The van der Waals surface area contributed by atoms with Crippen LogP contribution in [-0.4, -0.2) is 10.9 Å². The van der Waals surface area contributed by atoms with Gasteiger partial charge in [0.15, 0.2) is 5.58 Å². The van der Waals surface area contributed by atoms with Gasteiger partial charge in [-0.2, -0.15) is 0 Å². The van der Waals surface area contributed by atoms with E-state index in [1.165, 1.54) is 0 Å². The van der Waals surface area contributed by atoms with Crippen LogP contribution in [0.15, 0.2) is 89.3 Å². The van der Waals surface area contributed by atoms with E-state index in [0.717, 1.165) is 33.0 Å². The first-order chi connectivity index (χ1) is 14.2. The summed E-state index contributed by atoms with van der Waals surface area (Å²) in [6, 6.07) is 27.1. The summed E-state index contributed by atoms with van der Waals surface area (Å²) < 4.78 is 6.15.